The van der Waals surface area contributed by atoms with E-state index in [4.69, 9.17) is 0 Å². The summed E-state index contributed by atoms with van der Waals surface area (Å²) in [6.45, 7) is 0. The van der Waals surface area contributed by atoms with Gasteiger partial charge >= 0.3 is 5.97 Å². The van der Waals surface area contributed by atoms with Crippen molar-refractivity contribution >= 4 is 27.5 Å². The van der Waals surface area contributed by atoms with Crippen LogP contribution in [0.5, 0.6) is 0 Å². The molecule has 0 saturated carbocycles. The van der Waals surface area contributed by atoms with Gasteiger partial charge in [0.2, 0.25) is 0 Å². The third kappa shape index (κ3) is 1.67. The van der Waals surface area contributed by atoms with Crippen LogP contribution in [0.15, 0.2) is 48.0 Å². The molecule has 88 valence electrons. The van der Waals surface area contributed by atoms with Gasteiger partial charge in [0.1, 0.15) is 0 Å². The van der Waals surface area contributed by atoms with Crippen LogP contribution in [0.4, 0.5) is 0 Å². The van der Waals surface area contributed by atoms with Crippen molar-refractivity contribution in [3.05, 3.63) is 53.5 Å². The third-order valence-electron chi connectivity index (χ3n) is 2.80. The van der Waals surface area contributed by atoms with E-state index in [2.05, 4.69) is 4.98 Å². The number of carboxylic acids is 1. The first-order chi connectivity index (χ1) is 8.77. The largest absolute Gasteiger partial charge is 0.478 e. The van der Waals surface area contributed by atoms with Gasteiger partial charge in [-0.05, 0) is 17.2 Å². The van der Waals surface area contributed by atoms with Gasteiger partial charge in [-0.25, -0.2) is 9.78 Å². The number of hydrogen-bond donors (Lipinski definition) is 1. The summed E-state index contributed by atoms with van der Waals surface area (Å²) in [5.41, 5.74) is 4.12. The molecule has 0 aliphatic heterocycles. The number of nitrogens with zero attached hydrogens (tertiary/aromatic N) is 1. The van der Waals surface area contributed by atoms with Gasteiger partial charge in [-0.2, -0.15) is 0 Å². The van der Waals surface area contributed by atoms with Crippen LogP contribution in [0.2, 0.25) is 0 Å². The summed E-state index contributed by atoms with van der Waals surface area (Å²) in [7, 11) is 0. The SMILES string of the molecule is O=C(O)c1c(-c2ccccc2)ccc2scnc12. The number of carboxylic acid groups (broad SMARTS) is 1. The number of thiazole rings is 1. The van der Waals surface area contributed by atoms with E-state index in [9.17, 15) is 9.90 Å². The Bertz CT molecular complexity index is 719. The lowest BCUT2D eigenvalue weighted by molar-refractivity contribution is 0.0699. The van der Waals surface area contributed by atoms with Crippen molar-refractivity contribution in [3.8, 4) is 11.1 Å². The molecule has 1 heterocycles. The summed E-state index contributed by atoms with van der Waals surface area (Å²) >= 11 is 1.45. The molecule has 0 unspecified atom stereocenters. The lowest BCUT2D eigenvalue weighted by atomic mass is 9.99. The van der Waals surface area contributed by atoms with Crippen molar-refractivity contribution in [2.75, 3.05) is 0 Å². The zero-order valence-corrected chi connectivity index (χ0v) is 10.1. The molecule has 4 heteroatoms. The van der Waals surface area contributed by atoms with Crippen LogP contribution in [0, 0.1) is 0 Å². The lowest BCUT2D eigenvalue weighted by Crippen LogP contribution is -2.00. The lowest BCUT2D eigenvalue weighted by Gasteiger charge is -2.06. The standard InChI is InChI=1S/C14H9NO2S/c16-14(17)12-10(9-4-2-1-3-5-9)6-7-11-13(12)15-8-18-11/h1-8H,(H,16,17). The normalized spacial score (nSPS) is 10.7. The molecule has 0 saturated heterocycles. The molecule has 3 nitrogen and oxygen atoms in total. The van der Waals surface area contributed by atoms with E-state index in [0.29, 0.717) is 11.1 Å². The van der Waals surface area contributed by atoms with Gasteiger partial charge in [0.25, 0.3) is 0 Å². The van der Waals surface area contributed by atoms with E-state index in [1.807, 2.05) is 42.5 Å². The highest BCUT2D eigenvalue weighted by Gasteiger charge is 2.17. The molecule has 18 heavy (non-hydrogen) atoms. The predicted octanol–water partition coefficient (Wildman–Crippen LogP) is 3.66. The number of carbonyl (C=O) groups is 1. The second-order valence-electron chi connectivity index (χ2n) is 3.86. The van der Waals surface area contributed by atoms with E-state index < -0.39 is 5.97 Å². The van der Waals surface area contributed by atoms with E-state index in [1.54, 1.807) is 5.51 Å². The fourth-order valence-electron chi connectivity index (χ4n) is 2.01. The first-order valence-electron chi connectivity index (χ1n) is 5.42. The second-order valence-corrected chi connectivity index (χ2v) is 4.74. The molecule has 0 amide bonds. The smallest absolute Gasteiger partial charge is 0.338 e. The van der Waals surface area contributed by atoms with E-state index in [-0.39, 0.29) is 5.56 Å². The van der Waals surface area contributed by atoms with Crippen molar-refractivity contribution < 1.29 is 9.90 Å². The molecule has 0 fully saturated rings. The van der Waals surface area contributed by atoms with Crippen LogP contribution < -0.4 is 0 Å². The Balaban J connectivity index is 2.35. The van der Waals surface area contributed by atoms with E-state index >= 15 is 0 Å². The maximum absolute atomic E-state index is 11.5. The Hall–Kier alpha value is -2.20. The number of fused-ring (bicyclic) bond motifs is 1. The summed E-state index contributed by atoms with van der Waals surface area (Å²) in [4.78, 5) is 15.6. The van der Waals surface area contributed by atoms with Gasteiger partial charge in [0.05, 0.1) is 21.3 Å². The summed E-state index contributed by atoms with van der Waals surface area (Å²) in [6, 6.07) is 13.3. The highest BCUT2D eigenvalue weighted by Crippen LogP contribution is 2.31. The van der Waals surface area contributed by atoms with Crippen molar-refractivity contribution in [1.29, 1.82) is 0 Å². The summed E-state index contributed by atoms with van der Waals surface area (Å²) < 4.78 is 0.895. The van der Waals surface area contributed by atoms with Crippen LogP contribution in [-0.2, 0) is 0 Å². The molecular formula is C14H9NO2S. The Morgan fingerprint density at radius 3 is 2.61 bits per heavy atom. The highest BCUT2D eigenvalue weighted by molar-refractivity contribution is 7.16. The van der Waals surface area contributed by atoms with Gasteiger partial charge in [-0.1, -0.05) is 36.4 Å². The molecule has 3 rings (SSSR count). The summed E-state index contributed by atoms with van der Waals surface area (Å²) in [5.74, 6) is -0.939. The first kappa shape index (κ1) is 10.9. The number of benzene rings is 2. The highest BCUT2D eigenvalue weighted by atomic mass is 32.1. The molecule has 1 aromatic heterocycles. The van der Waals surface area contributed by atoms with Gasteiger partial charge < -0.3 is 5.11 Å². The molecule has 0 bridgehead atoms. The maximum atomic E-state index is 11.5. The average Bonchev–Trinajstić information content (AvgIpc) is 2.86. The number of aromatic nitrogens is 1. The van der Waals surface area contributed by atoms with Crippen molar-refractivity contribution in [2.45, 2.75) is 0 Å². The third-order valence-corrected chi connectivity index (χ3v) is 3.60. The van der Waals surface area contributed by atoms with Crippen LogP contribution in [0.3, 0.4) is 0 Å². The van der Waals surface area contributed by atoms with Crippen LogP contribution >= 0.6 is 11.3 Å². The number of aromatic carboxylic acids is 1. The molecule has 2 aromatic carbocycles. The van der Waals surface area contributed by atoms with E-state index in [1.165, 1.54) is 11.3 Å². The average molecular weight is 255 g/mol. The van der Waals surface area contributed by atoms with Gasteiger partial charge in [-0.3, -0.25) is 0 Å². The Kier molecular flexibility index (Phi) is 2.57. The van der Waals surface area contributed by atoms with Crippen molar-refractivity contribution in [1.82, 2.24) is 4.98 Å². The minimum absolute atomic E-state index is 0.278. The first-order valence-corrected chi connectivity index (χ1v) is 6.30. The minimum atomic E-state index is -0.939. The molecule has 0 spiro atoms. The molecule has 0 aliphatic carbocycles. The molecule has 1 N–H and O–H groups in total. The number of hydrogen-bond acceptors (Lipinski definition) is 3. The van der Waals surface area contributed by atoms with Gasteiger partial charge in [0.15, 0.2) is 0 Å². The van der Waals surface area contributed by atoms with Crippen LogP contribution in [-0.4, -0.2) is 16.1 Å². The fraction of sp³-hybridized carbons (Fsp3) is 0. The Labute approximate surface area is 107 Å². The summed E-state index contributed by atoms with van der Waals surface area (Å²) in [6.07, 6.45) is 0. The van der Waals surface area contributed by atoms with Gasteiger partial charge in [0, 0.05) is 0 Å². The Morgan fingerprint density at radius 2 is 1.89 bits per heavy atom. The minimum Gasteiger partial charge on any atom is -0.478 e. The summed E-state index contributed by atoms with van der Waals surface area (Å²) in [5, 5.41) is 9.41. The molecule has 0 radical (unpaired) electrons. The zero-order chi connectivity index (χ0) is 12.5. The predicted molar refractivity (Wildman–Crippen MR) is 72.0 cm³/mol. The van der Waals surface area contributed by atoms with Crippen LogP contribution in [0.1, 0.15) is 10.4 Å². The molecule has 3 aromatic rings. The maximum Gasteiger partial charge on any atom is 0.338 e. The number of rotatable bonds is 2. The second kappa shape index (κ2) is 4.23. The van der Waals surface area contributed by atoms with E-state index in [0.717, 1.165) is 10.3 Å². The zero-order valence-electron chi connectivity index (χ0n) is 9.33. The van der Waals surface area contributed by atoms with Crippen molar-refractivity contribution in [3.63, 3.8) is 0 Å². The molecular weight excluding hydrogens is 246 g/mol. The fourth-order valence-corrected chi connectivity index (χ4v) is 2.69. The van der Waals surface area contributed by atoms with Gasteiger partial charge in [-0.15, -0.1) is 11.3 Å². The Morgan fingerprint density at radius 1 is 1.11 bits per heavy atom. The molecule has 0 atom stereocenters. The molecule has 0 aliphatic rings. The quantitative estimate of drug-likeness (QED) is 0.760. The van der Waals surface area contributed by atoms with Crippen molar-refractivity contribution in [2.24, 2.45) is 0 Å². The van der Waals surface area contributed by atoms with Crippen LogP contribution in [0.25, 0.3) is 21.3 Å². The topological polar surface area (TPSA) is 50.2 Å². The monoisotopic (exact) mass is 255 g/mol.